The second kappa shape index (κ2) is 6.89. The molecule has 0 heterocycles. The molecule has 0 aromatic carbocycles. The summed E-state index contributed by atoms with van der Waals surface area (Å²) in [4.78, 5) is 4.55. The Morgan fingerprint density at radius 2 is 1.65 bits per heavy atom. The van der Waals surface area contributed by atoms with Gasteiger partial charge in [0.1, 0.15) is 6.10 Å². The molecule has 4 fully saturated rings. The highest BCUT2D eigenvalue weighted by Crippen LogP contribution is 2.65. The molecule has 0 saturated heterocycles. The molecule has 1 N–H and O–H groups in total. The normalized spacial score (nSPS) is 38.1. The van der Waals surface area contributed by atoms with Crippen LogP contribution in [0.3, 0.4) is 0 Å². The number of hydrogen-bond donors (Lipinski definition) is 1. The average molecular weight is 380 g/mol. The highest BCUT2D eigenvalue weighted by molar-refractivity contribution is 5.15. The molecule has 4 aliphatic rings. The quantitative estimate of drug-likeness (QED) is 0.246. The Bertz CT molecular complexity index is 556. The maximum atomic E-state index is 14.6. The van der Waals surface area contributed by atoms with Crippen LogP contribution in [0.25, 0.3) is 0 Å². The Labute approximate surface area is 150 Å². The first-order valence-electron chi connectivity index (χ1n) is 9.16. The molecule has 0 aromatic heterocycles. The zero-order valence-corrected chi connectivity index (χ0v) is 14.7. The third-order valence-corrected chi connectivity index (χ3v) is 7.33. The van der Waals surface area contributed by atoms with Gasteiger partial charge in [-0.3, -0.25) is 5.26 Å². The van der Waals surface area contributed by atoms with Gasteiger partial charge in [0.15, 0.2) is 0 Å². The van der Waals surface area contributed by atoms with Gasteiger partial charge in [-0.2, -0.15) is 22.0 Å². The Morgan fingerprint density at radius 3 is 2.04 bits per heavy atom. The molecule has 7 heteroatoms. The third-order valence-electron chi connectivity index (χ3n) is 7.33. The summed E-state index contributed by atoms with van der Waals surface area (Å²) in [6.07, 6.45) is 0.749. The van der Waals surface area contributed by atoms with Crippen molar-refractivity contribution in [2.24, 2.45) is 35.0 Å². The highest BCUT2D eigenvalue weighted by Gasteiger charge is 2.63. The van der Waals surface area contributed by atoms with Crippen LogP contribution in [-0.4, -0.2) is 17.3 Å². The molecule has 0 aromatic rings. The van der Waals surface area contributed by atoms with Crippen LogP contribution in [0.2, 0.25) is 0 Å². The van der Waals surface area contributed by atoms with E-state index in [1.54, 1.807) is 6.92 Å². The van der Waals surface area contributed by atoms with Crippen molar-refractivity contribution in [2.45, 2.75) is 57.5 Å². The molecular formula is C19H25F5O2. The average Bonchev–Trinajstić information content (AvgIpc) is 2.58. The highest BCUT2D eigenvalue weighted by atomic mass is 19.3. The fraction of sp³-hybridized carbons (Fsp3) is 0.789. The van der Waals surface area contributed by atoms with E-state index in [1.807, 2.05) is 0 Å². The minimum atomic E-state index is -4.45. The summed E-state index contributed by atoms with van der Waals surface area (Å²) in [6.45, 7) is 5.19. The van der Waals surface area contributed by atoms with Crippen molar-refractivity contribution in [1.29, 1.82) is 0 Å². The van der Waals surface area contributed by atoms with E-state index in [1.165, 1.54) is 0 Å². The van der Waals surface area contributed by atoms with Crippen molar-refractivity contribution < 1.29 is 32.1 Å². The molecule has 26 heavy (non-hydrogen) atoms. The topological polar surface area (TPSA) is 29.5 Å². The molecule has 148 valence electrons. The van der Waals surface area contributed by atoms with Crippen molar-refractivity contribution in [3.05, 3.63) is 24.6 Å². The zero-order chi connectivity index (χ0) is 19.3. The Hall–Kier alpha value is -0.950. The monoisotopic (exact) mass is 380 g/mol. The predicted octanol–water partition coefficient (Wildman–Crippen LogP) is 6.21. The first-order chi connectivity index (χ1) is 12.2. The van der Waals surface area contributed by atoms with Gasteiger partial charge < -0.3 is 0 Å². The lowest BCUT2D eigenvalue weighted by Crippen LogP contribution is -2.60. The molecule has 2 atom stereocenters. The molecule has 4 bridgehead atoms. The third kappa shape index (κ3) is 2.91. The lowest BCUT2D eigenvalue weighted by molar-refractivity contribution is -0.351. The van der Waals surface area contributed by atoms with Crippen LogP contribution >= 0.6 is 0 Å². The molecule has 0 radical (unpaired) electrons. The van der Waals surface area contributed by atoms with Crippen LogP contribution in [0, 0.1) is 35.0 Å². The Balaban J connectivity index is 1.99. The minimum Gasteiger partial charge on any atom is -0.252 e. The number of alkyl halides is 2. The maximum absolute atomic E-state index is 14.6. The summed E-state index contributed by atoms with van der Waals surface area (Å²) in [5.41, 5.74) is -0.813. The van der Waals surface area contributed by atoms with Crippen LogP contribution < -0.4 is 0 Å². The molecular weight excluding hydrogens is 355 g/mol. The zero-order valence-electron chi connectivity index (χ0n) is 14.7. The van der Waals surface area contributed by atoms with Crippen molar-refractivity contribution >= 4 is 0 Å². The molecule has 0 spiro atoms. The molecule has 0 aliphatic heterocycles. The van der Waals surface area contributed by atoms with Gasteiger partial charge in [-0.25, -0.2) is 4.89 Å². The largest absolute Gasteiger partial charge is 0.309 e. The molecule has 4 aliphatic carbocycles. The van der Waals surface area contributed by atoms with Gasteiger partial charge in [-0.1, -0.05) is 13.0 Å². The summed E-state index contributed by atoms with van der Waals surface area (Å²) < 4.78 is 68.0. The second-order valence-corrected chi connectivity index (χ2v) is 8.52. The van der Waals surface area contributed by atoms with Gasteiger partial charge in [0.2, 0.25) is 5.83 Å². The van der Waals surface area contributed by atoms with Gasteiger partial charge in [-0.05, 0) is 62.2 Å². The number of allylic oxidation sites excluding steroid dienone is 2. The molecule has 2 nitrogen and oxygen atoms in total. The van der Waals surface area contributed by atoms with E-state index in [2.05, 4.69) is 11.5 Å². The first-order valence-corrected chi connectivity index (χ1v) is 9.16. The standard InChI is InChI=1S/C19H25F5O2/c1-3-4-14(19(23,24)15(20)17(21)22)16(26-25)18(2)12-6-10-5-11(8-12)9-13(18)7-10/h3,10-14,16,25H,1,4-9H2,2H3. The second-order valence-electron chi connectivity index (χ2n) is 8.52. The van der Waals surface area contributed by atoms with Crippen LogP contribution in [0.1, 0.15) is 45.4 Å². The van der Waals surface area contributed by atoms with E-state index in [0.717, 1.165) is 38.2 Å². The van der Waals surface area contributed by atoms with E-state index in [0.29, 0.717) is 11.8 Å². The summed E-state index contributed by atoms with van der Waals surface area (Å²) >= 11 is 0. The number of hydrogen-bond acceptors (Lipinski definition) is 2. The summed E-state index contributed by atoms with van der Waals surface area (Å²) in [5.74, 6) is -7.94. The number of halogens is 5. The Kier molecular flexibility index (Phi) is 5.25. The van der Waals surface area contributed by atoms with Crippen molar-refractivity contribution in [2.75, 3.05) is 0 Å². The molecule has 4 saturated carbocycles. The van der Waals surface area contributed by atoms with Crippen LogP contribution in [0.5, 0.6) is 0 Å². The molecule has 2 unspecified atom stereocenters. The fourth-order valence-electron chi connectivity index (χ4n) is 6.21. The van der Waals surface area contributed by atoms with Crippen LogP contribution in [-0.2, 0) is 4.89 Å². The smallest absolute Gasteiger partial charge is 0.252 e. The molecule has 4 rings (SSSR count). The Morgan fingerprint density at radius 1 is 1.15 bits per heavy atom. The number of rotatable bonds is 7. The van der Waals surface area contributed by atoms with Gasteiger partial charge >= 0.3 is 12.0 Å². The lowest BCUT2D eigenvalue weighted by Gasteiger charge is -2.62. The summed E-state index contributed by atoms with van der Waals surface area (Å²) in [7, 11) is 0. The van der Waals surface area contributed by atoms with E-state index in [-0.39, 0.29) is 11.8 Å². The van der Waals surface area contributed by atoms with Crippen LogP contribution in [0.4, 0.5) is 22.0 Å². The first kappa shape index (κ1) is 19.8. The van der Waals surface area contributed by atoms with Crippen molar-refractivity contribution in [3.63, 3.8) is 0 Å². The van der Waals surface area contributed by atoms with Crippen LogP contribution in [0.15, 0.2) is 24.6 Å². The van der Waals surface area contributed by atoms with Gasteiger partial charge in [0.25, 0.3) is 0 Å². The SMILES string of the molecule is C=CCC(C(OO)C1(C)C2CC3CC(C2)CC1C3)C(F)(F)C(F)=C(F)F. The van der Waals surface area contributed by atoms with Gasteiger partial charge in [0.05, 0.1) is 5.92 Å². The lowest BCUT2D eigenvalue weighted by atomic mass is 9.43. The fourth-order valence-corrected chi connectivity index (χ4v) is 6.21. The van der Waals surface area contributed by atoms with E-state index >= 15 is 0 Å². The van der Waals surface area contributed by atoms with E-state index < -0.39 is 41.7 Å². The summed E-state index contributed by atoms with van der Waals surface area (Å²) in [5, 5.41) is 9.56. The molecule has 0 amide bonds. The van der Waals surface area contributed by atoms with Gasteiger partial charge in [0, 0.05) is 5.41 Å². The maximum Gasteiger partial charge on any atom is 0.309 e. The van der Waals surface area contributed by atoms with Gasteiger partial charge in [-0.15, -0.1) is 6.58 Å². The summed E-state index contributed by atoms with van der Waals surface area (Å²) in [6, 6.07) is 0. The van der Waals surface area contributed by atoms with Crippen molar-refractivity contribution in [3.8, 4) is 0 Å². The van der Waals surface area contributed by atoms with E-state index in [4.69, 9.17) is 0 Å². The predicted molar refractivity (Wildman–Crippen MR) is 86.3 cm³/mol. The van der Waals surface area contributed by atoms with E-state index in [9.17, 15) is 27.2 Å². The minimum absolute atomic E-state index is 0.0567. The van der Waals surface area contributed by atoms with Crippen molar-refractivity contribution in [1.82, 2.24) is 0 Å².